The SMILES string of the molecule is CCOc1ccc(C2C3C(NNC3c3cc(C)ccc3O)C(=O)N2CCCO)cc1OCC. The molecule has 2 saturated heterocycles. The van der Waals surface area contributed by atoms with Crippen LogP contribution in [-0.2, 0) is 4.79 Å². The molecule has 0 bridgehead atoms. The minimum absolute atomic E-state index is 0.00703. The molecule has 178 valence electrons. The van der Waals surface area contributed by atoms with Crippen LogP contribution in [0.2, 0.25) is 0 Å². The number of ether oxygens (including phenoxy) is 2. The van der Waals surface area contributed by atoms with Crippen molar-refractivity contribution in [1.29, 1.82) is 0 Å². The Kier molecular flexibility index (Phi) is 7.07. The Hall–Kier alpha value is -2.81. The summed E-state index contributed by atoms with van der Waals surface area (Å²) in [5, 5.41) is 20.1. The quantitative estimate of drug-likeness (QED) is 0.461. The van der Waals surface area contributed by atoms with E-state index in [2.05, 4.69) is 10.9 Å². The third-order valence-corrected chi connectivity index (χ3v) is 6.40. The molecule has 1 amide bonds. The van der Waals surface area contributed by atoms with E-state index < -0.39 is 6.04 Å². The molecule has 4 unspecified atom stereocenters. The highest BCUT2D eigenvalue weighted by Crippen LogP contribution is 2.49. The molecule has 2 heterocycles. The van der Waals surface area contributed by atoms with Gasteiger partial charge in [-0.25, -0.2) is 10.9 Å². The molecule has 2 aliphatic heterocycles. The molecule has 8 nitrogen and oxygen atoms in total. The molecule has 2 aliphatic rings. The fraction of sp³-hybridized carbons (Fsp3) is 0.480. The van der Waals surface area contributed by atoms with Gasteiger partial charge < -0.3 is 24.6 Å². The van der Waals surface area contributed by atoms with Crippen molar-refractivity contribution in [1.82, 2.24) is 15.8 Å². The van der Waals surface area contributed by atoms with Gasteiger partial charge in [0.15, 0.2) is 11.5 Å². The normalized spacial score (nSPS) is 24.2. The van der Waals surface area contributed by atoms with Gasteiger partial charge >= 0.3 is 0 Å². The van der Waals surface area contributed by atoms with Gasteiger partial charge in [0.25, 0.3) is 0 Å². The number of benzene rings is 2. The second-order valence-corrected chi connectivity index (χ2v) is 8.51. The van der Waals surface area contributed by atoms with E-state index in [1.54, 1.807) is 6.07 Å². The monoisotopic (exact) mass is 455 g/mol. The van der Waals surface area contributed by atoms with Crippen LogP contribution in [0.1, 0.15) is 49.0 Å². The Morgan fingerprint density at radius 2 is 1.73 bits per heavy atom. The molecule has 4 rings (SSSR count). The standard InChI is InChI=1S/C25H33N3O5/c1-4-32-19-10-8-16(14-20(19)33-5-2)24-21-22(17-13-15(3)7-9-18(17)30)26-27-23(21)25(31)28(24)11-6-12-29/h7-10,13-14,21-24,26-27,29-30H,4-6,11-12H2,1-3H3. The molecular weight excluding hydrogens is 422 g/mol. The number of hydrogen-bond acceptors (Lipinski definition) is 7. The van der Waals surface area contributed by atoms with E-state index >= 15 is 0 Å². The number of aryl methyl sites for hydroxylation is 1. The number of aromatic hydroxyl groups is 1. The van der Waals surface area contributed by atoms with Gasteiger partial charge in [0.2, 0.25) is 5.91 Å². The minimum Gasteiger partial charge on any atom is -0.508 e. The van der Waals surface area contributed by atoms with Gasteiger partial charge in [0, 0.05) is 24.6 Å². The molecule has 4 N–H and O–H groups in total. The maximum absolute atomic E-state index is 13.4. The molecule has 8 heteroatoms. The lowest BCUT2D eigenvalue weighted by atomic mass is 9.82. The topological polar surface area (TPSA) is 103 Å². The molecular formula is C25H33N3O5. The fourth-order valence-electron chi connectivity index (χ4n) is 5.03. The number of phenols is 1. The lowest BCUT2D eigenvalue weighted by molar-refractivity contribution is -0.130. The number of rotatable bonds is 9. The number of hydrazine groups is 1. The van der Waals surface area contributed by atoms with Crippen molar-refractivity contribution in [3.05, 3.63) is 53.1 Å². The highest BCUT2D eigenvalue weighted by Gasteiger charge is 2.55. The van der Waals surface area contributed by atoms with E-state index in [1.807, 2.05) is 56.0 Å². The first-order chi connectivity index (χ1) is 16.0. The summed E-state index contributed by atoms with van der Waals surface area (Å²) in [4.78, 5) is 15.2. The highest BCUT2D eigenvalue weighted by atomic mass is 16.5. The summed E-state index contributed by atoms with van der Waals surface area (Å²) in [6.07, 6.45) is 0.491. The summed E-state index contributed by atoms with van der Waals surface area (Å²) >= 11 is 0. The number of fused-ring (bicyclic) bond motifs is 1. The fourth-order valence-corrected chi connectivity index (χ4v) is 5.03. The first kappa shape index (κ1) is 23.4. The van der Waals surface area contributed by atoms with Crippen LogP contribution < -0.4 is 20.3 Å². The predicted molar refractivity (Wildman–Crippen MR) is 124 cm³/mol. The summed E-state index contributed by atoms with van der Waals surface area (Å²) in [5.41, 5.74) is 9.15. The number of amides is 1. The molecule has 2 aromatic rings. The molecule has 0 aromatic heterocycles. The third kappa shape index (κ3) is 4.38. The molecule has 4 atom stereocenters. The number of aliphatic hydroxyl groups excluding tert-OH is 1. The zero-order valence-corrected chi connectivity index (χ0v) is 19.4. The van der Waals surface area contributed by atoms with Gasteiger partial charge in [-0.3, -0.25) is 4.79 Å². The van der Waals surface area contributed by atoms with Crippen LogP contribution in [0, 0.1) is 12.8 Å². The summed E-state index contributed by atoms with van der Waals surface area (Å²) < 4.78 is 11.6. The number of nitrogens with zero attached hydrogens (tertiary/aromatic N) is 1. The molecule has 2 fully saturated rings. The second-order valence-electron chi connectivity index (χ2n) is 8.51. The van der Waals surface area contributed by atoms with E-state index in [0.29, 0.717) is 37.7 Å². The molecule has 33 heavy (non-hydrogen) atoms. The first-order valence-corrected chi connectivity index (χ1v) is 11.6. The van der Waals surface area contributed by atoms with E-state index in [1.165, 1.54) is 0 Å². The van der Waals surface area contributed by atoms with Gasteiger partial charge in [-0.1, -0.05) is 23.8 Å². The van der Waals surface area contributed by atoms with Crippen LogP contribution in [0.4, 0.5) is 0 Å². The van der Waals surface area contributed by atoms with Crippen LogP contribution in [0.25, 0.3) is 0 Å². The Balaban J connectivity index is 1.79. The summed E-state index contributed by atoms with van der Waals surface area (Å²) in [5.74, 6) is 1.32. The van der Waals surface area contributed by atoms with Gasteiger partial charge in [0.1, 0.15) is 11.8 Å². The first-order valence-electron chi connectivity index (χ1n) is 11.6. The summed E-state index contributed by atoms with van der Waals surface area (Å²) in [6, 6.07) is 10.3. The van der Waals surface area contributed by atoms with E-state index in [-0.39, 0.29) is 36.3 Å². The van der Waals surface area contributed by atoms with Crippen molar-refractivity contribution in [2.45, 2.75) is 45.3 Å². The Morgan fingerprint density at radius 3 is 2.45 bits per heavy atom. The number of carbonyl (C=O) groups excluding carboxylic acids is 1. The van der Waals surface area contributed by atoms with E-state index in [4.69, 9.17) is 9.47 Å². The number of carbonyl (C=O) groups is 1. The number of nitrogens with one attached hydrogen (secondary N) is 2. The predicted octanol–water partition coefficient (Wildman–Crippen LogP) is 2.60. The van der Waals surface area contributed by atoms with Gasteiger partial charge in [-0.2, -0.15) is 0 Å². The average Bonchev–Trinajstić information content (AvgIpc) is 3.34. The Morgan fingerprint density at radius 1 is 1.00 bits per heavy atom. The Labute approximate surface area is 194 Å². The molecule has 0 radical (unpaired) electrons. The summed E-state index contributed by atoms with van der Waals surface area (Å²) in [6.45, 7) is 7.30. The van der Waals surface area contributed by atoms with Crippen molar-refractivity contribution in [2.24, 2.45) is 5.92 Å². The van der Waals surface area contributed by atoms with Gasteiger partial charge in [-0.05, 0) is 51.0 Å². The maximum atomic E-state index is 13.4. The van der Waals surface area contributed by atoms with Crippen LogP contribution in [-0.4, -0.2) is 53.4 Å². The van der Waals surface area contributed by atoms with Crippen molar-refractivity contribution in [3.63, 3.8) is 0 Å². The third-order valence-electron chi connectivity index (χ3n) is 6.40. The number of hydrogen-bond donors (Lipinski definition) is 4. The van der Waals surface area contributed by atoms with Gasteiger partial charge in [-0.15, -0.1) is 0 Å². The molecule has 2 aromatic carbocycles. The largest absolute Gasteiger partial charge is 0.508 e. The zero-order chi connectivity index (χ0) is 23.5. The number of aliphatic hydroxyl groups is 1. The van der Waals surface area contributed by atoms with E-state index in [0.717, 1.165) is 16.7 Å². The maximum Gasteiger partial charge on any atom is 0.242 e. The van der Waals surface area contributed by atoms with Crippen molar-refractivity contribution < 1.29 is 24.5 Å². The van der Waals surface area contributed by atoms with Crippen LogP contribution in [0.5, 0.6) is 17.2 Å². The lowest BCUT2D eigenvalue weighted by Crippen LogP contribution is -2.41. The second kappa shape index (κ2) is 9.99. The zero-order valence-electron chi connectivity index (χ0n) is 19.4. The lowest BCUT2D eigenvalue weighted by Gasteiger charge is -2.32. The van der Waals surface area contributed by atoms with Crippen molar-refractivity contribution in [2.75, 3.05) is 26.4 Å². The van der Waals surface area contributed by atoms with Gasteiger partial charge in [0.05, 0.1) is 25.3 Å². The van der Waals surface area contributed by atoms with Crippen molar-refractivity contribution >= 4 is 5.91 Å². The molecule has 0 spiro atoms. The van der Waals surface area contributed by atoms with Crippen LogP contribution in [0.15, 0.2) is 36.4 Å². The highest BCUT2D eigenvalue weighted by molar-refractivity contribution is 5.86. The van der Waals surface area contributed by atoms with Crippen LogP contribution >= 0.6 is 0 Å². The smallest absolute Gasteiger partial charge is 0.242 e. The Bertz CT molecular complexity index is 998. The minimum atomic E-state index is -0.444. The number of phenolic OH excluding ortho intramolecular Hbond substituents is 1. The average molecular weight is 456 g/mol. The number of likely N-dealkylation sites (tertiary alicyclic amines) is 1. The van der Waals surface area contributed by atoms with Crippen LogP contribution in [0.3, 0.4) is 0 Å². The van der Waals surface area contributed by atoms with E-state index in [9.17, 15) is 15.0 Å². The molecule has 0 aliphatic carbocycles. The molecule has 0 saturated carbocycles. The summed E-state index contributed by atoms with van der Waals surface area (Å²) in [7, 11) is 0. The van der Waals surface area contributed by atoms with Crippen molar-refractivity contribution in [3.8, 4) is 17.2 Å².